The van der Waals surface area contributed by atoms with Crippen molar-refractivity contribution in [3.8, 4) is 22.5 Å². The van der Waals surface area contributed by atoms with Gasteiger partial charge in [-0.2, -0.15) is 0 Å². The molecular weight excluding hydrogens is 641 g/mol. The summed E-state index contributed by atoms with van der Waals surface area (Å²) < 4.78 is 0. The molecule has 0 unspecified atom stereocenters. The summed E-state index contributed by atoms with van der Waals surface area (Å²) in [6.45, 7) is 4.46. The first-order chi connectivity index (χ1) is 18.1. The summed E-state index contributed by atoms with van der Waals surface area (Å²) in [5.41, 5.74) is 6.46. The van der Waals surface area contributed by atoms with Crippen LogP contribution in [0.15, 0.2) is 134 Å². The van der Waals surface area contributed by atoms with Crippen molar-refractivity contribution >= 4 is 10.8 Å². The van der Waals surface area contributed by atoms with Crippen LogP contribution in [0.25, 0.3) is 33.3 Å². The molecule has 1 radical (unpaired) electrons. The molecule has 2 nitrogen and oxygen atoms in total. The molecule has 0 aliphatic rings. The van der Waals surface area contributed by atoms with Crippen LogP contribution in [-0.2, 0) is 25.5 Å². The molecule has 0 saturated carbocycles. The van der Waals surface area contributed by atoms with Crippen LogP contribution < -0.4 is 0 Å². The molecule has 0 spiro atoms. The SMILES string of the molecule is CC(C)(c1ccccc1)c1ccc(-c2[c-]cccc2)nc1.[Ir].[c-]1cc2ccccc2cc1-c1ccccn1. The van der Waals surface area contributed by atoms with Crippen molar-refractivity contribution < 1.29 is 20.1 Å². The number of benzene rings is 4. The molecule has 189 valence electrons. The fraction of sp³-hybridized carbons (Fsp3) is 0.0857. The molecule has 2 heterocycles. The third-order valence-electron chi connectivity index (χ3n) is 6.59. The van der Waals surface area contributed by atoms with E-state index in [-0.39, 0.29) is 25.5 Å². The van der Waals surface area contributed by atoms with Crippen molar-refractivity contribution in [1.29, 1.82) is 0 Å². The van der Waals surface area contributed by atoms with Crippen molar-refractivity contribution in [1.82, 2.24) is 9.97 Å². The summed E-state index contributed by atoms with van der Waals surface area (Å²) in [4.78, 5) is 8.93. The van der Waals surface area contributed by atoms with Gasteiger partial charge in [0.05, 0.1) is 0 Å². The Kier molecular flexibility index (Phi) is 8.97. The van der Waals surface area contributed by atoms with Gasteiger partial charge < -0.3 is 9.97 Å². The average molecular weight is 669 g/mol. The summed E-state index contributed by atoms with van der Waals surface area (Å²) in [5, 5.41) is 2.43. The Bertz CT molecular complexity index is 1560. The molecular formula is C35H28IrN2-2. The van der Waals surface area contributed by atoms with Crippen LogP contribution >= 0.6 is 0 Å². The molecule has 0 aliphatic carbocycles. The first kappa shape index (κ1) is 27.1. The standard InChI is InChI=1S/C20H18N.C15H10N.Ir/c1-20(2,17-11-7-4-8-12-17)18-13-14-19(21-15-18)16-9-5-3-6-10-16;1-2-6-13-11-14(9-8-12(13)5-1)15-7-3-4-10-16-15;/h3-9,11-15H,1-2H3;1-8,10-11H;/q2*-1;. The summed E-state index contributed by atoms with van der Waals surface area (Å²) >= 11 is 0. The van der Waals surface area contributed by atoms with E-state index in [1.165, 1.54) is 21.9 Å². The Hall–Kier alpha value is -3.91. The van der Waals surface area contributed by atoms with Gasteiger partial charge in [0.1, 0.15) is 0 Å². The molecule has 0 bridgehead atoms. The van der Waals surface area contributed by atoms with Gasteiger partial charge in [0.2, 0.25) is 0 Å². The van der Waals surface area contributed by atoms with Crippen molar-refractivity contribution in [3.63, 3.8) is 0 Å². The van der Waals surface area contributed by atoms with Gasteiger partial charge in [-0.1, -0.05) is 98.1 Å². The van der Waals surface area contributed by atoms with Gasteiger partial charge >= 0.3 is 0 Å². The summed E-state index contributed by atoms with van der Waals surface area (Å²) in [6, 6.07) is 47.5. The number of nitrogens with zero attached hydrogens (tertiary/aromatic N) is 2. The van der Waals surface area contributed by atoms with Gasteiger partial charge in [-0.15, -0.1) is 65.0 Å². The second kappa shape index (κ2) is 12.6. The monoisotopic (exact) mass is 669 g/mol. The normalized spacial score (nSPS) is 10.7. The molecule has 0 N–H and O–H groups in total. The van der Waals surface area contributed by atoms with Gasteiger partial charge in [-0.05, 0) is 28.6 Å². The van der Waals surface area contributed by atoms with Crippen molar-refractivity contribution in [2.75, 3.05) is 0 Å². The average Bonchev–Trinajstić information content (AvgIpc) is 2.99. The largest absolute Gasteiger partial charge is 0.305 e. The van der Waals surface area contributed by atoms with Crippen LogP contribution in [0.5, 0.6) is 0 Å². The number of aromatic nitrogens is 2. The van der Waals surface area contributed by atoms with Crippen molar-refractivity contribution in [3.05, 3.63) is 157 Å². The maximum Gasteiger partial charge on any atom is 0.0201 e. The molecule has 2 aromatic heterocycles. The molecule has 38 heavy (non-hydrogen) atoms. The molecule has 0 amide bonds. The van der Waals surface area contributed by atoms with Crippen LogP contribution in [0.2, 0.25) is 0 Å². The zero-order valence-electron chi connectivity index (χ0n) is 21.4. The fourth-order valence-electron chi connectivity index (χ4n) is 4.29. The molecule has 6 aromatic rings. The van der Waals surface area contributed by atoms with Crippen LogP contribution in [0, 0.1) is 12.1 Å². The molecule has 6 rings (SSSR count). The van der Waals surface area contributed by atoms with E-state index in [1.807, 2.05) is 72.9 Å². The molecule has 3 heteroatoms. The summed E-state index contributed by atoms with van der Waals surface area (Å²) in [6.07, 6.45) is 3.78. The van der Waals surface area contributed by atoms with Crippen molar-refractivity contribution in [2.45, 2.75) is 19.3 Å². The second-order valence-electron chi connectivity index (χ2n) is 9.39. The first-order valence-electron chi connectivity index (χ1n) is 12.4. The minimum absolute atomic E-state index is 0. The van der Waals surface area contributed by atoms with Gasteiger partial charge in [0, 0.05) is 37.9 Å². The topological polar surface area (TPSA) is 25.8 Å². The van der Waals surface area contributed by atoms with Gasteiger partial charge in [-0.3, -0.25) is 0 Å². The Morgan fingerprint density at radius 1 is 0.579 bits per heavy atom. The maximum absolute atomic E-state index is 4.61. The van der Waals surface area contributed by atoms with E-state index in [0.717, 1.165) is 22.5 Å². The van der Waals surface area contributed by atoms with E-state index in [4.69, 9.17) is 0 Å². The van der Waals surface area contributed by atoms with Crippen LogP contribution in [-0.4, -0.2) is 9.97 Å². The van der Waals surface area contributed by atoms with E-state index in [2.05, 4.69) is 90.5 Å². The molecule has 4 aromatic carbocycles. The van der Waals surface area contributed by atoms with Crippen LogP contribution in [0.4, 0.5) is 0 Å². The number of pyridine rings is 2. The van der Waals surface area contributed by atoms with Gasteiger partial charge in [0.15, 0.2) is 0 Å². The summed E-state index contributed by atoms with van der Waals surface area (Å²) in [5.74, 6) is 0. The Morgan fingerprint density at radius 3 is 1.97 bits per heavy atom. The molecule has 0 fully saturated rings. The smallest absolute Gasteiger partial charge is 0.0201 e. The van der Waals surface area contributed by atoms with E-state index < -0.39 is 0 Å². The van der Waals surface area contributed by atoms with E-state index in [0.29, 0.717) is 0 Å². The molecule has 0 saturated heterocycles. The minimum atomic E-state index is -0.0484. The van der Waals surface area contributed by atoms with Gasteiger partial charge in [-0.25, -0.2) is 0 Å². The van der Waals surface area contributed by atoms with Crippen LogP contribution in [0.1, 0.15) is 25.0 Å². The van der Waals surface area contributed by atoms with Crippen molar-refractivity contribution in [2.24, 2.45) is 0 Å². The quantitative estimate of drug-likeness (QED) is 0.176. The zero-order chi connectivity index (χ0) is 25.5. The third-order valence-corrected chi connectivity index (χ3v) is 6.59. The van der Waals surface area contributed by atoms with E-state index in [9.17, 15) is 0 Å². The third kappa shape index (κ3) is 6.31. The predicted octanol–water partition coefficient (Wildman–Crippen LogP) is 8.57. The Balaban J connectivity index is 0.000000178. The Labute approximate surface area is 238 Å². The Morgan fingerprint density at radius 2 is 1.29 bits per heavy atom. The van der Waals surface area contributed by atoms with Crippen LogP contribution in [0.3, 0.4) is 0 Å². The van der Waals surface area contributed by atoms with E-state index >= 15 is 0 Å². The zero-order valence-corrected chi connectivity index (χ0v) is 23.8. The fourth-order valence-corrected chi connectivity index (χ4v) is 4.29. The van der Waals surface area contributed by atoms with E-state index in [1.54, 1.807) is 6.20 Å². The summed E-state index contributed by atoms with van der Waals surface area (Å²) in [7, 11) is 0. The number of fused-ring (bicyclic) bond motifs is 1. The maximum atomic E-state index is 4.61. The minimum Gasteiger partial charge on any atom is -0.305 e. The number of rotatable bonds is 4. The number of hydrogen-bond donors (Lipinski definition) is 0. The first-order valence-corrected chi connectivity index (χ1v) is 12.4. The molecule has 0 atom stereocenters. The molecule has 0 aliphatic heterocycles. The second-order valence-corrected chi connectivity index (χ2v) is 9.39. The predicted molar refractivity (Wildman–Crippen MR) is 153 cm³/mol. The van der Waals surface area contributed by atoms with Gasteiger partial charge in [0.25, 0.3) is 0 Å². The number of hydrogen-bond acceptors (Lipinski definition) is 2.